The zero-order valence-corrected chi connectivity index (χ0v) is 30.6. The van der Waals surface area contributed by atoms with Crippen LogP contribution in [0.2, 0.25) is 0 Å². The van der Waals surface area contributed by atoms with Crippen LogP contribution in [0.15, 0.2) is 121 Å². The summed E-state index contributed by atoms with van der Waals surface area (Å²) in [5.41, 5.74) is 10.7. The first kappa shape index (κ1) is 35.2. The molecule has 0 spiro atoms. The van der Waals surface area contributed by atoms with E-state index >= 15 is 0 Å². The zero-order valence-electron chi connectivity index (χ0n) is 27.1. The fourth-order valence-corrected chi connectivity index (χ4v) is 5.86. The number of hydrogen-bond donors (Lipinski definition) is 0. The van der Waals surface area contributed by atoms with Gasteiger partial charge >= 0.3 is 30.2 Å². The maximum absolute atomic E-state index is 3.06. The van der Waals surface area contributed by atoms with Crippen molar-refractivity contribution in [2.24, 2.45) is 0 Å². The minimum atomic E-state index is 0. The third kappa shape index (κ3) is 7.31. The van der Waals surface area contributed by atoms with Crippen LogP contribution in [0.25, 0.3) is 54.6 Å². The van der Waals surface area contributed by atoms with Crippen LogP contribution in [0.3, 0.4) is 0 Å². The van der Waals surface area contributed by atoms with Crippen LogP contribution in [0.4, 0.5) is 0 Å². The maximum atomic E-state index is 3.06. The molecule has 0 aliphatic rings. The predicted octanol–water partition coefficient (Wildman–Crippen LogP) is 12.2. The third-order valence-electron chi connectivity index (χ3n) is 8.13. The van der Waals surface area contributed by atoms with Gasteiger partial charge in [-0.1, -0.05) is 123 Å². The van der Waals surface area contributed by atoms with Gasteiger partial charge in [0.25, 0.3) is 0 Å². The summed E-state index contributed by atoms with van der Waals surface area (Å²) in [7, 11) is 0. The Morgan fingerprint density at radius 3 is 1.95 bits per heavy atom. The Morgan fingerprint density at radius 1 is 0.591 bits per heavy atom. The molecule has 2 radical (unpaired) electrons. The molecule has 0 heterocycles. The summed E-state index contributed by atoms with van der Waals surface area (Å²) >= 11 is 1.36. The van der Waals surface area contributed by atoms with Gasteiger partial charge in [-0.2, -0.15) is 12.1 Å². The van der Waals surface area contributed by atoms with E-state index in [2.05, 4.69) is 163 Å². The molecule has 7 aromatic rings. The Kier molecular flexibility index (Phi) is 12.5. The molecule has 0 fully saturated rings. The molecule has 0 atom stereocenters. The molecule has 7 rings (SSSR count). The Labute approximate surface area is 282 Å². The van der Waals surface area contributed by atoms with Crippen LogP contribution in [0.5, 0.6) is 0 Å². The SMILES string of the molecule is Cc1cc2c(-c3cccc4ccccc34)ccc(C)c2[cH-]1.Cc1ccc(-c2cccc3[cH-]c(C(C)C)cc23)cc1.[CH3-].[CH3-].[Si]=[Zr]. The number of aryl methyl sites for hydroxylation is 3. The first-order chi connectivity index (χ1) is 20.4. The molecule has 0 nitrogen and oxygen atoms in total. The van der Waals surface area contributed by atoms with Crippen LogP contribution in [-0.4, -0.2) is 6.88 Å². The van der Waals surface area contributed by atoms with Gasteiger partial charge in [-0.25, -0.2) is 0 Å². The van der Waals surface area contributed by atoms with Crippen LogP contribution < -0.4 is 0 Å². The Balaban J connectivity index is 0.000000219. The van der Waals surface area contributed by atoms with Crippen molar-refractivity contribution in [2.45, 2.75) is 40.5 Å². The normalized spacial score (nSPS) is 10.4. The number of hydrogen-bond acceptors (Lipinski definition) is 0. The average Bonchev–Trinajstić information content (AvgIpc) is 3.64. The monoisotopic (exact) mass is 664 g/mol. The molecule has 0 unspecified atom stereocenters. The molecular weight excluding hydrogens is 624 g/mol. The molecule has 2 heteroatoms. The van der Waals surface area contributed by atoms with Crippen molar-refractivity contribution in [3.8, 4) is 22.3 Å². The second-order valence-corrected chi connectivity index (χ2v) is 11.4. The molecule has 7 aromatic carbocycles. The van der Waals surface area contributed by atoms with E-state index in [9.17, 15) is 0 Å². The summed E-state index contributed by atoms with van der Waals surface area (Å²) in [6, 6.07) is 44.3. The summed E-state index contributed by atoms with van der Waals surface area (Å²) in [5.74, 6) is 0.582. The van der Waals surface area contributed by atoms with Gasteiger partial charge in [-0.15, -0.1) is 68.6 Å². The van der Waals surface area contributed by atoms with Crippen LogP contribution in [-0.2, 0) is 23.3 Å². The standard InChI is InChI=1S/C21H17.C19H19.2CH3.Si.Zr/c1-14-12-20-15(2)10-11-19(21(20)13-14)18-9-5-7-16-6-3-4-8-17(16)18;1-13(2)17-11-16-5-4-6-18(19(16)12-17)15-9-7-14(3)8-10-15;;;;/h3-13H,1-2H3;4-13H,1-3H3;2*1H3;;/q4*-1;;. The molecule has 0 bridgehead atoms. The van der Waals surface area contributed by atoms with Crippen LogP contribution in [0.1, 0.15) is 42.0 Å². The van der Waals surface area contributed by atoms with Gasteiger partial charge in [0.1, 0.15) is 0 Å². The van der Waals surface area contributed by atoms with E-state index in [0.29, 0.717) is 5.92 Å². The topological polar surface area (TPSA) is 0 Å². The Bertz CT molecular complexity index is 1960. The van der Waals surface area contributed by atoms with Gasteiger partial charge in [0.05, 0.1) is 0 Å². The van der Waals surface area contributed by atoms with E-state index in [0.717, 1.165) is 0 Å². The molecule has 0 aliphatic carbocycles. The van der Waals surface area contributed by atoms with Crippen molar-refractivity contribution in [2.75, 3.05) is 0 Å². The molecule has 222 valence electrons. The van der Waals surface area contributed by atoms with E-state index in [1.54, 1.807) is 0 Å². The van der Waals surface area contributed by atoms with Gasteiger partial charge in [0, 0.05) is 0 Å². The predicted molar refractivity (Wildman–Crippen MR) is 194 cm³/mol. The summed E-state index contributed by atoms with van der Waals surface area (Å²) in [6.07, 6.45) is 0. The van der Waals surface area contributed by atoms with Gasteiger partial charge in [-0.3, -0.25) is 0 Å². The molecule has 0 amide bonds. The Hall–Kier alpha value is -3.32. The van der Waals surface area contributed by atoms with E-state index in [1.165, 1.54) is 100 Å². The van der Waals surface area contributed by atoms with Gasteiger partial charge in [-0.05, 0) is 34.7 Å². The van der Waals surface area contributed by atoms with Gasteiger partial charge in [0.15, 0.2) is 0 Å². The zero-order chi connectivity index (χ0) is 29.8. The molecule has 0 N–H and O–H groups in total. The van der Waals surface area contributed by atoms with Gasteiger partial charge in [0.2, 0.25) is 0 Å². The van der Waals surface area contributed by atoms with Crippen LogP contribution >= 0.6 is 0 Å². The second kappa shape index (κ2) is 15.6. The molecule has 0 saturated heterocycles. The molecule has 0 saturated carbocycles. The van der Waals surface area contributed by atoms with Crippen molar-refractivity contribution < 1.29 is 23.3 Å². The van der Waals surface area contributed by atoms with E-state index in [1.807, 2.05) is 0 Å². The molecular formula is C42H42SiZr-4. The average molecular weight is 666 g/mol. The molecule has 0 aliphatic heterocycles. The molecule has 44 heavy (non-hydrogen) atoms. The number of fused-ring (bicyclic) bond motifs is 3. The number of rotatable bonds is 3. The van der Waals surface area contributed by atoms with Crippen molar-refractivity contribution in [3.63, 3.8) is 0 Å². The minimum absolute atomic E-state index is 0. The van der Waals surface area contributed by atoms with E-state index in [4.69, 9.17) is 0 Å². The third-order valence-corrected chi connectivity index (χ3v) is 8.13. The van der Waals surface area contributed by atoms with E-state index < -0.39 is 0 Å². The summed E-state index contributed by atoms with van der Waals surface area (Å²) in [6.45, 7) is 14.1. The van der Waals surface area contributed by atoms with Crippen molar-refractivity contribution in [3.05, 3.63) is 158 Å². The van der Waals surface area contributed by atoms with E-state index in [-0.39, 0.29) is 14.9 Å². The fraction of sp³-hybridized carbons (Fsp3) is 0.143. The summed E-state index contributed by atoms with van der Waals surface area (Å²) in [5, 5.41) is 8.08. The van der Waals surface area contributed by atoms with Crippen molar-refractivity contribution >= 4 is 39.2 Å². The van der Waals surface area contributed by atoms with Gasteiger partial charge < -0.3 is 14.9 Å². The summed E-state index contributed by atoms with van der Waals surface area (Å²) in [4.78, 5) is 0. The Morgan fingerprint density at radius 2 is 1.23 bits per heavy atom. The fourth-order valence-electron chi connectivity index (χ4n) is 5.86. The number of benzene rings is 5. The van der Waals surface area contributed by atoms with Crippen molar-refractivity contribution in [1.82, 2.24) is 0 Å². The summed E-state index contributed by atoms with van der Waals surface area (Å²) < 4.78 is 0. The van der Waals surface area contributed by atoms with Crippen molar-refractivity contribution in [1.29, 1.82) is 0 Å². The molecule has 0 aromatic heterocycles. The van der Waals surface area contributed by atoms with Crippen LogP contribution in [0, 0.1) is 35.6 Å². The quantitative estimate of drug-likeness (QED) is 0.130. The first-order valence-electron chi connectivity index (χ1n) is 14.6. The second-order valence-electron chi connectivity index (χ2n) is 11.4. The first-order valence-corrected chi connectivity index (χ1v) is 18.7.